The lowest BCUT2D eigenvalue weighted by molar-refractivity contribution is 0.611. The fourth-order valence-electron chi connectivity index (χ4n) is 9.97. The minimum atomic E-state index is 0.0914. The Bertz CT molecular complexity index is 3420. The van der Waals surface area contributed by atoms with Gasteiger partial charge in [-0.25, -0.2) is 0 Å². The minimum Gasteiger partial charge on any atom is -0.334 e. The molecule has 2 atom stereocenters. The van der Waals surface area contributed by atoms with Crippen molar-refractivity contribution in [1.82, 2.24) is 4.57 Å². The summed E-state index contributed by atoms with van der Waals surface area (Å²) < 4.78 is 5.11. The van der Waals surface area contributed by atoms with Crippen LogP contribution in [0.4, 0.5) is 11.4 Å². The predicted molar refractivity (Wildman–Crippen MR) is 283 cm³/mol. The van der Waals surface area contributed by atoms with E-state index in [4.69, 9.17) is 0 Å². The molecule has 9 aromatic carbocycles. The maximum atomic E-state index is 2.52. The van der Waals surface area contributed by atoms with Crippen LogP contribution in [0.5, 0.6) is 0 Å². The van der Waals surface area contributed by atoms with Gasteiger partial charge >= 0.3 is 0 Å². The monoisotopic (exact) mass is 862 g/mol. The van der Waals surface area contributed by atoms with E-state index < -0.39 is 0 Å². The summed E-state index contributed by atoms with van der Waals surface area (Å²) in [6, 6.07) is 83.8. The van der Waals surface area contributed by atoms with E-state index in [1.165, 1.54) is 92.5 Å². The molecule has 2 heterocycles. The smallest absolute Gasteiger partial charge is 0.0727 e. The Balaban J connectivity index is 0.896. The molecule has 2 unspecified atom stereocenters. The van der Waals surface area contributed by atoms with Gasteiger partial charge in [-0.3, -0.25) is 0 Å². The highest BCUT2D eigenvalue weighted by molar-refractivity contribution is 7.27. The zero-order valence-electron chi connectivity index (χ0n) is 36.6. The molecular weight excluding hydrogens is 817 g/mol. The second kappa shape index (κ2) is 16.9. The van der Waals surface area contributed by atoms with Gasteiger partial charge in [0.05, 0.1) is 21.8 Å². The Morgan fingerprint density at radius 1 is 0.409 bits per heavy atom. The van der Waals surface area contributed by atoms with Gasteiger partial charge < -0.3 is 9.47 Å². The molecule has 2 aromatic heterocycles. The first kappa shape index (κ1) is 39.6. The summed E-state index contributed by atoms with van der Waals surface area (Å²) in [6.45, 7) is 2.37. The van der Waals surface area contributed by atoms with E-state index in [2.05, 4.69) is 265 Å². The van der Waals surface area contributed by atoms with Gasteiger partial charge in [0.25, 0.3) is 0 Å². The lowest BCUT2D eigenvalue weighted by Crippen LogP contribution is -2.35. The van der Waals surface area contributed by atoms with Crippen molar-refractivity contribution in [3.8, 4) is 50.2 Å². The van der Waals surface area contributed by atoms with Crippen LogP contribution in [0, 0.1) is 5.92 Å². The molecule has 3 heteroatoms. The molecular formula is C63H46N2S. The summed E-state index contributed by atoms with van der Waals surface area (Å²) in [6.07, 6.45) is 7.29. The largest absolute Gasteiger partial charge is 0.334 e. The van der Waals surface area contributed by atoms with Gasteiger partial charge in [-0.2, -0.15) is 0 Å². The van der Waals surface area contributed by atoms with Gasteiger partial charge in [-0.15, -0.1) is 11.3 Å². The summed E-state index contributed by atoms with van der Waals surface area (Å²) in [5, 5.41) is 2.59. The standard InChI is InChI=1S/C63H46N2S/c1-43-42-52(56-21-13-22-58-61-63(66-62(56)58)57-20-11-12-23-60(57)65(61)53-18-9-4-10-19-53)36-41-59(43)64(54-37-32-50(33-38-54)48-28-24-46(25-29-48)44-14-5-2-6-15-44)55-39-34-51(35-40-55)49-30-26-47(27-31-49)45-16-7-3-8-17-45/h2-43,59H,1H3. The van der Waals surface area contributed by atoms with Crippen molar-refractivity contribution in [2.45, 2.75) is 13.0 Å². The van der Waals surface area contributed by atoms with Crippen LogP contribution in [0.15, 0.2) is 249 Å². The fraction of sp³-hybridized carbons (Fsp3) is 0.0476. The summed E-state index contributed by atoms with van der Waals surface area (Å²) in [4.78, 5) is 2.52. The number of hydrogen-bond acceptors (Lipinski definition) is 2. The third kappa shape index (κ3) is 7.15. The van der Waals surface area contributed by atoms with E-state index >= 15 is 0 Å². The first-order chi connectivity index (χ1) is 32.6. The van der Waals surface area contributed by atoms with Crippen LogP contribution in [0.25, 0.3) is 87.0 Å². The molecule has 0 amide bonds. The highest BCUT2D eigenvalue weighted by atomic mass is 32.1. The van der Waals surface area contributed by atoms with Gasteiger partial charge in [0.15, 0.2) is 0 Å². The maximum Gasteiger partial charge on any atom is 0.0727 e. The van der Waals surface area contributed by atoms with E-state index in [9.17, 15) is 0 Å². The number of benzene rings is 9. The third-order valence-electron chi connectivity index (χ3n) is 13.3. The Morgan fingerprint density at radius 3 is 1.36 bits per heavy atom. The van der Waals surface area contributed by atoms with E-state index in [1.54, 1.807) is 0 Å². The quantitative estimate of drug-likeness (QED) is 0.140. The van der Waals surface area contributed by atoms with Crippen LogP contribution < -0.4 is 4.90 Å². The Kier molecular flexibility index (Phi) is 10.1. The highest BCUT2D eigenvalue weighted by Gasteiger charge is 2.28. The van der Waals surface area contributed by atoms with Crippen molar-refractivity contribution in [3.05, 3.63) is 254 Å². The summed E-state index contributed by atoms with van der Waals surface area (Å²) in [5.41, 5.74) is 18.3. The van der Waals surface area contributed by atoms with E-state index in [0.29, 0.717) is 0 Å². The zero-order chi connectivity index (χ0) is 44.0. The minimum absolute atomic E-state index is 0.0914. The zero-order valence-corrected chi connectivity index (χ0v) is 37.4. The molecule has 0 radical (unpaired) electrons. The third-order valence-corrected chi connectivity index (χ3v) is 14.6. The van der Waals surface area contributed by atoms with Crippen molar-refractivity contribution in [2.75, 3.05) is 4.90 Å². The molecule has 0 saturated heterocycles. The average Bonchev–Trinajstić information content (AvgIpc) is 3.93. The molecule has 11 aromatic rings. The molecule has 314 valence electrons. The number of aromatic nitrogens is 1. The van der Waals surface area contributed by atoms with Crippen LogP contribution in [0.3, 0.4) is 0 Å². The Hall–Kier alpha value is -7.98. The molecule has 0 bridgehead atoms. The number of fused-ring (bicyclic) bond motifs is 5. The van der Waals surface area contributed by atoms with Crippen LogP contribution in [-0.4, -0.2) is 10.6 Å². The molecule has 66 heavy (non-hydrogen) atoms. The van der Waals surface area contributed by atoms with Crippen molar-refractivity contribution in [1.29, 1.82) is 0 Å². The molecule has 0 aliphatic heterocycles. The molecule has 0 N–H and O–H groups in total. The molecule has 0 fully saturated rings. The average molecular weight is 863 g/mol. The number of para-hydroxylation sites is 2. The van der Waals surface area contributed by atoms with E-state index in [1.807, 2.05) is 11.3 Å². The summed E-state index contributed by atoms with van der Waals surface area (Å²) >= 11 is 1.92. The van der Waals surface area contributed by atoms with E-state index in [0.717, 1.165) is 11.4 Å². The Morgan fingerprint density at radius 2 is 0.848 bits per heavy atom. The fourth-order valence-corrected chi connectivity index (χ4v) is 11.3. The molecule has 1 aliphatic carbocycles. The second-order valence-electron chi connectivity index (χ2n) is 17.3. The van der Waals surface area contributed by atoms with Crippen molar-refractivity contribution in [3.63, 3.8) is 0 Å². The van der Waals surface area contributed by atoms with Gasteiger partial charge in [0.1, 0.15) is 0 Å². The molecule has 1 aliphatic rings. The van der Waals surface area contributed by atoms with Crippen molar-refractivity contribution < 1.29 is 0 Å². The normalized spacial score (nSPS) is 14.8. The van der Waals surface area contributed by atoms with Crippen LogP contribution in [0.1, 0.15) is 12.5 Å². The van der Waals surface area contributed by atoms with Gasteiger partial charge in [0, 0.05) is 32.5 Å². The maximum absolute atomic E-state index is 2.52. The number of rotatable bonds is 9. The molecule has 0 spiro atoms. The predicted octanol–water partition coefficient (Wildman–Crippen LogP) is 17.5. The summed E-state index contributed by atoms with van der Waals surface area (Å²) in [5.74, 6) is 0.212. The van der Waals surface area contributed by atoms with E-state index in [-0.39, 0.29) is 12.0 Å². The van der Waals surface area contributed by atoms with Crippen molar-refractivity contribution in [2.24, 2.45) is 5.92 Å². The SMILES string of the molecule is CC1C=C(c2cccc3c2sc2c4ccccc4n(-c4ccccc4)c32)C=CC1N(c1ccc(-c2ccc(-c3ccccc3)cc2)cc1)c1ccc(-c2ccc(-c3ccccc3)cc2)cc1. The Labute approximate surface area is 390 Å². The number of thiophene rings is 1. The number of hydrogen-bond donors (Lipinski definition) is 0. The lowest BCUT2D eigenvalue weighted by Gasteiger charge is -2.37. The molecule has 12 rings (SSSR count). The summed E-state index contributed by atoms with van der Waals surface area (Å²) in [7, 11) is 0. The first-order valence-electron chi connectivity index (χ1n) is 22.9. The lowest BCUT2D eigenvalue weighted by atomic mass is 9.88. The highest BCUT2D eigenvalue weighted by Crippen LogP contribution is 2.46. The number of anilines is 2. The van der Waals surface area contributed by atoms with Gasteiger partial charge in [0.2, 0.25) is 0 Å². The van der Waals surface area contributed by atoms with Crippen LogP contribution in [-0.2, 0) is 0 Å². The van der Waals surface area contributed by atoms with Crippen LogP contribution >= 0.6 is 11.3 Å². The number of allylic oxidation sites excluding steroid dienone is 2. The molecule has 2 nitrogen and oxygen atoms in total. The number of nitrogens with zero attached hydrogens (tertiary/aromatic N) is 2. The topological polar surface area (TPSA) is 8.17 Å². The van der Waals surface area contributed by atoms with Gasteiger partial charge in [-0.05, 0) is 104 Å². The van der Waals surface area contributed by atoms with Crippen LogP contribution in [0.2, 0.25) is 0 Å². The molecule has 0 saturated carbocycles. The first-order valence-corrected chi connectivity index (χ1v) is 23.7. The van der Waals surface area contributed by atoms with Gasteiger partial charge in [-0.1, -0.05) is 213 Å². The second-order valence-corrected chi connectivity index (χ2v) is 18.4. The van der Waals surface area contributed by atoms with Crippen molar-refractivity contribution >= 4 is 59.5 Å².